The molecule has 1 aromatic carbocycles. The topological polar surface area (TPSA) is 78.8 Å². The van der Waals surface area contributed by atoms with E-state index < -0.39 is 16.1 Å². The number of aryl methyl sites for hydroxylation is 1. The van der Waals surface area contributed by atoms with E-state index >= 15 is 0 Å². The Morgan fingerprint density at radius 1 is 1.30 bits per heavy atom. The molecule has 2 rings (SSSR count). The van der Waals surface area contributed by atoms with Gasteiger partial charge in [0.1, 0.15) is 5.70 Å². The fourth-order valence-corrected chi connectivity index (χ4v) is 2.94. The molecule has 23 heavy (non-hydrogen) atoms. The van der Waals surface area contributed by atoms with Gasteiger partial charge in [0.2, 0.25) is 0 Å². The summed E-state index contributed by atoms with van der Waals surface area (Å²) in [5.74, 6) is -0.426. The van der Waals surface area contributed by atoms with Crippen molar-refractivity contribution in [1.29, 1.82) is 0 Å². The minimum Gasteiger partial charge on any atom is -0.348 e. The zero-order valence-electron chi connectivity index (χ0n) is 13.7. The molecule has 0 saturated heterocycles. The number of hydrogen-bond donors (Lipinski definition) is 1. The number of nitrogens with one attached hydrogen (secondary N) is 1. The van der Waals surface area contributed by atoms with Crippen LogP contribution in [-0.4, -0.2) is 37.4 Å². The minimum atomic E-state index is -3.91. The molecular weight excluding hydrogens is 314 g/mol. The lowest BCUT2D eigenvalue weighted by molar-refractivity contribution is -0.119. The van der Waals surface area contributed by atoms with E-state index in [2.05, 4.69) is 9.71 Å². The molecule has 1 aliphatic rings. The van der Waals surface area contributed by atoms with Gasteiger partial charge >= 0.3 is 10.2 Å². The standard InChI is InChI=1S/C16H21N3O3S/c1-5-12(3)17-16(20)15-10-14(18-23(21,22)19(15)4)13-8-6-11(2)7-9-13/h6-10,12H,5H2,1-4H3,(H,17,20). The van der Waals surface area contributed by atoms with Gasteiger partial charge in [-0.1, -0.05) is 36.8 Å². The van der Waals surface area contributed by atoms with Crippen molar-refractivity contribution in [3.05, 3.63) is 47.2 Å². The molecule has 0 saturated carbocycles. The van der Waals surface area contributed by atoms with Gasteiger partial charge in [-0.05, 0) is 26.3 Å². The third kappa shape index (κ3) is 3.79. The Morgan fingerprint density at radius 3 is 2.48 bits per heavy atom. The van der Waals surface area contributed by atoms with Crippen LogP contribution in [0.4, 0.5) is 0 Å². The number of hydrogen-bond acceptors (Lipinski definition) is 3. The van der Waals surface area contributed by atoms with Crippen LogP contribution in [0.1, 0.15) is 31.4 Å². The van der Waals surface area contributed by atoms with Gasteiger partial charge in [0, 0.05) is 18.7 Å². The molecule has 1 atom stereocenters. The van der Waals surface area contributed by atoms with Crippen molar-refractivity contribution in [2.75, 3.05) is 7.05 Å². The maximum Gasteiger partial charge on any atom is 0.345 e. The molecule has 0 bridgehead atoms. The predicted molar refractivity (Wildman–Crippen MR) is 90.4 cm³/mol. The van der Waals surface area contributed by atoms with Crippen LogP contribution < -0.4 is 5.32 Å². The number of carbonyl (C=O) groups is 1. The van der Waals surface area contributed by atoms with E-state index in [4.69, 9.17) is 0 Å². The first-order valence-corrected chi connectivity index (χ1v) is 8.82. The predicted octanol–water partition coefficient (Wildman–Crippen LogP) is 1.77. The van der Waals surface area contributed by atoms with Gasteiger partial charge in [0.05, 0.1) is 5.71 Å². The monoisotopic (exact) mass is 335 g/mol. The van der Waals surface area contributed by atoms with Crippen LogP contribution in [0.2, 0.25) is 0 Å². The van der Waals surface area contributed by atoms with Crippen LogP contribution in [0.25, 0.3) is 0 Å². The van der Waals surface area contributed by atoms with Crippen LogP contribution in [0.15, 0.2) is 40.4 Å². The quantitative estimate of drug-likeness (QED) is 0.911. The van der Waals surface area contributed by atoms with Crippen molar-refractivity contribution >= 4 is 21.8 Å². The average molecular weight is 335 g/mol. The highest BCUT2D eigenvalue weighted by atomic mass is 32.2. The molecule has 0 aromatic heterocycles. The molecule has 0 aliphatic carbocycles. The van der Waals surface area contributed by atoms with Crippen molar-refractivity contribution in [2.24, 2.45) is 4.40 Å². The Hall–Kier alpha value is -2.15. The second kappa shape index (κ2) is 6.54. The summed E-state index contributed by atoms with van der Waals surface area (Å²) < 4.78 is 29.1. The molecule has 6 nitrogen and oxygen atoms in total. The largest absolute Gasteiger partial charge is 0.348 e. The summed E-state index contributed by atoms with van der Waals surface area (Å²) in [5.41, 5.74) is 2.04. The zero-order chi connectivity index (χ0) is 17.2. The van der Waals surface area contributed by atoms with E-state index in [9.17, 15) is 13.2 Å². The second-order valence-corrected chi connectivity index (χ2v) is 7.23. The van der Waals surface area contributed by atoms with Crippen LogP contribution in [0.3, 0.4) is 0 Å². The Bertz CT molecular complexity index is 764. The van der Waals surface area contributed by atoms with Crippen LogP contribution >= 0.6 is 0 Å². The van der Waals surface area contributed by atoms with Gasteiger partial charge in [-0.15, -0.1) is 4.40 Å². The summed E-state index contributed by atoms with van der Waals surface area (Å²) in [6.07, 6.45) is 2.26. The molecule has 1 amide bonds. The third-order valence-electron chi connectivity index (χ3n) is 3.74. The number of likely N-dealkylation sites (N-methyl/N-ethyl adjacent to an activating group) is 1. The van der Waals surface area contributed by atoms with Crippen LogP contribution in [-0.2, 0) is 15.0 Å². The van der Waals surface area contributed by atoms with E-state index in [-0.39, 0.29) is 17.5 Å². The summed E-state index contributed by atoms with van der Waals surface area (Å²) in [7, 11) is -2.59. The average Bonchev–Trinajstić information content (AvgIpc) is 2.50. The summed E-state index contributed by atoms with van der Waals surface area (Å²) in [6, 6.07) is 7.28. The minimum absolute atomic E-state index is 0.0406. The number of rotatable bonds is 4. The molecule has 0 fully saturated rings. The molecule has 1 heterocycles. The van der Waals surface area contributed by atoms with Gasteiger partial charge < -0.3 is 5.32 Å². The number of carbonyl (C=O) groups excluding carboxylic acids is 1. The van der Waals surface area contributed by atoms with Gasteiger partial charge in [0.15, 0.2) is 0 Å². The molecular formula is C16H21N3O3S. The van der Waals surface area contributed by atoms with E-state index in [1.165, 1.54) is 13.1 Å². The van der Waals surface area contributed by atoms with Gasteiger partial charge in [-0.2, -0.15) is 8.42 Å². The first kappa shape index (κ1) is 17.2. The highest BCUT2D eigenvalue weighted by molar-refractivity contribution is 7.88. The smallest absolute Gasteiger partial charge is 0.345 e. The van der Waals surface area contributed by atoms with Crippen LogP contribution in [0.5, 0.6) is 0 Å². The maximum atomic E-state index is 12.4. The lowest BCUT2D eigenvalue weighted by Gasteiger charge is -2.24. The van der Waals surface area contributed by atoms with Gasteiger partial charge in [-0.25, -0.2) is 4.31 Å². The van der Waals surface area contributed by atoms with Crippen molar-refractivity contribution in [1.82, 2.24) is 9.62 Å². The number of benzene rings is 1. The maximum absolute atomic E-state index is 12.4. The van der Waals surface area contributed by atoms with E-state index in [1.54, 1.807) is 12.1 Å². The SMILES string of the molecule is CCC(C)NC(=O)C1=CC(c2ccc(C)cc2)=NS(=O)(=O)N1C. The molecule has 7 heteroatoms. The summed E-state index contributed by atoms with van der Waals surface area (Å²) >= 11 is 0. The normalized spacial score (nSPS) is 18.0. The first-order valence-electron chi connectivity index (χ1n) is 7.43. The number of allylic oxidation sites excluding steroid dienone is 1. The Kier molecular flexibility index (Phi) is 4.89. The lowest BCUT2D eigenvalue weighted by atomic mass is 10.1. The van der Waals surface area contributed by atoms with Crippen molar-refractivity contribution in [3.8, 4) is 0 Å². The van der Waals surface area contributed by atoms with Gasteiger partial charge in [0.25, 0.3) is 5.91 Å². The summed E-state index contributed by atoms with van der Waals surface area (Å²) in [6.45, 7) is 5.75. The third-order valence-corrected chi connectivity index (χ3v) is 5.06. The van der Waals surface area contributed by atoms with Crippen molar-refractivity contribution in [3.63, 3.8) is 0 Å². The number of nitrogens with zero attached hydrogens (tertiary/aromatic N) is 2. The molecule has 1 unspecified atom stereocenters. The molecule has 1 aromatic rings. The van der Waals surface area contributed by atoms with Crippen LogP contribution in [0, 0.1) is 6.92 Å². The molecule has 124 valence electrons. The fraction of sp³-hybridized carbons (Fsp3) is 0.375. The fourth-order valence-electron chi connectivity index (χ4n) is 2.03. The van der Waals surface area contributed by atoms with Crippen molar-refractivity contribution in [2.45, 2.75) is 33.2 Å². The van der Waals surface area contributed by atoms with Gasteiger partial charge in [-0.3, -0.25) is 4.79 Å². The summed E-state index contributed by atoms with van der Waals surface area (Å²) in [4.78, 5) is 12.4. The first-order chi connectivity index (χ1) is 10.7. The lowest BCUT2D eigenvalue weighted by Crippen LogP contribution is -2.41. The highest BCUT2D eigenvalue weighted by Gasteiger charge is 2.30. The number of amides is 1. The Balaban J connectivity index is 2.43. The molecule has 0 spiro atoms. The molecule has 1 N–H and O–H groups in total. The van der Waals surface area contributed by atoms with E-state index in [0.29, 0.717) is 5.56 Å². The zero-order valence-corrected chi connectivity index (χ0v) is 14.5. The Labute approximate surface area is 137 Å². The second-order valence-electron chi connectivity index (χ2n) is 5.60. The highest BCUT2D eigenvalue weighted by Crippen LogP contribution is 2.20. The molecule has 1 aliphatic heterocycles. The Morgan fingerprint density at radius 2 is 1.91 bits per heavy atom. The van der Waals surface area contributed by atoms with E-state index in [0.717, 1.165) is 16.3 Å². The molecule has 0 radical (unpaired) electrons. The van der Waals surface area contributed by atoms with E-state index in [1.807, 2.05) is 32.9 Å². The van der Waals surface area contributed by atoms with Crippen molar-refractivity contribution < 1.29 is 13.2 Å². The summed E-state index contributed by atoms with van der Waals surface area (Å²) in [5, 5.41) is 2.78.